The third-order valence-corrected chi connectivity index (χ3v) is 4.40. The number of carbonyl (C=O) groups is 1. The normalized spacial score (nSPS) is 13.5. The SMILES string of the molecule is Cc1cccc(NC(=O)N(C2=NCCC2)c2cccc(C)c2C)c1. The van der Waals surface area contributed by atoms with Gasteiger partial charge in [-0.25, -0.2) is 9.69 Å². The van der Waals surface area contributed by atoms with Gasteiger partial charge in [0.25, 0.3) is 0 Å². The average Bonchev–Trinajstić information content (AvgIpc) is 3.06. The van der Waals surface area contributed by atoms with Gasteiger partial charge < -0.3 is 5.32 Å². The Balaban J connectivity index is 1.96. The number of rotatable bonds is 2. The highest BCUT2D eigenvalue weighted by molar-refractivity contribution is 6.21. The topological polar surface area (TPSA) is 44.7 Å². The van der Waals surface area contributed by atoms with Crippen LogP contribution in [0.2, 0.25) is 0 Å². The summed E-state index contributed by atoms with van der Waals surface area (Å²) < 4.78 is 0. The summed E-state index contributed by atoms with van der Waals surface area (Å²) in [7, 11) is 0. The first-order valence-corrected chi connectivity index (χ1v) is 8.33. The molecule has 0 fully saturated rings. The van der Waals surface area contributed by atoms with Gasteiger partial charge in [-0.3, -0.25) is 4.99 Å². The third-order valence-electron chi connectivity index (χ3n) is 4.40. The zero-order valence-corrected chi connectivity index (χ0v) is 14.5. The lowest BCUT2D eigenvalue weighted by Gasteiger charge is -2.25. The summed E-state index contributed by atoms with van der Waals surface area (Å²) in [5.74, 6) is 0.842. The van der Waals surface area contributed by atoms with Crippen LogP contribution in [-0.4, -0.2) is 18.4 Å². The number of hydrogen-bond acceptors (Lipinski definition) is 2. The van der Waals surface area contributed by atoms with Crippen LogP contribution in [0.1, 0.15) is 29.5 Å². The maximum Gasteiger partial charge on any atom is 0.331 e. The Bertz CT molecular complexity index is 795. The van der Waals surface area contributed by atoms with E-state index in [1.54, 1.807) is 4.90 Å². The molecule has 4 nitrogen and oxygen atoms in total. The Hall–Kier alpha value is -2.62. The molecular formula is C20H23N3O. The number of aliphatic imine (C=N–C) groups is 1. The summed E-state index contributed by atoms with van der Waals surface area (Å²) in [6.45, 7) is 6.91. The monoisotopic (exact) mass is 321 g/mol. The molecule has 0 radical (unpaired) electrons. The standard InChI is InChI=1S/C20H23N3O/c1-14-7-4-9-17(13-14)22-20(24)23(19-11-6-12-21-19)18-10-5-8-15(2)16(18)3/h4-5,7-10,13H,6,11-12H2,1-3H3,(H,22,24). The van der Waals surface area contributed by atoms with Crippen molar-refractivity contribution in [3.63, 3.8) is 0 Å². The van der Waals surface area contributed by atoms with Crippen molar-refractivity contribution < 1.29 is 4.79 Å². The molecule has 0 aromatic heterocycles. The molecule has 0 spiro atoms. The molecule has 2 aromatic rings. The van der Waals surface area contributed by atoms with Gasteiger partial charge in [-0.2, -0.15) is 0 Å². The Kier molecular flexibility index (Phi) is 4.65. The molecule has 1 aliphatic rings. The fourth-order valence-electron chi connectivity index (χ4n) is 2.95. The molecular weight excluding hydrogens is 298 g/mol. The second-order valence-corrected chi connectivity index (χ2v) is 6.26. The summed E-state index contributed by atoms with van der Waals surface area (Å²) in [5.41, 5.74) is 5.09. The van der Waals surface area contributed by atoms with Gasteiger partial charge >= 0.3 is 6.03 Å². The number of hydrogen-bond donors (Lipinski definition) is 1. The molecule has 2 amide bonds. The highest BCUT2D eigenvalue weighted by Gasteiger charge is 2.25. The highest BCUT2D eigenvalue weighted by Crippen LogP contribution is 2.26. The van der Waals surface area contributed by atoms with E-state index in [0.29, 0.717) is 0 Å². The van der Waals surface area contributed by atoms with Crippen molar-refractivity contribution in [2.75, 3.05) is 16.8 Å². The Morgan fingerprint density at radius 1 is 1.12 bits per heavy atom. The minimum Gasteiger partial charge on any atom is -0.307 e. The number of benzene rings is 2. The summed E-state index contributed by atoms with van der Waals surface area (Å²) in [6, 6.07) is 13.7. The molecule has 124 valence electrons. The number of urea groups is 1. The Labute approximate surface area is 143 Å². The van der Waals surface area contributed by atoms with Crippen molar-refractivity contribution >= 4 is 23.2 Å². The van der Waals surface area contributed by atoms with Gasteiger partial charge in [-0.15, -0.1) is 0 Å². The van der Waals surface area contributed by atoms with Gasteiger partial charge in [0, 0.05) is 18.7 Å². The van der Waals surface area contributed by atoms with Crippen LogP contribution >= 0.6 is 0 Å². The fourth-order valence-corrected chi connectivity index (χ4v) is 2.95. The zero-order valence-electron chi connectivity index (χ0n) is 14.5. The van der Waals surface area contributed by atoms with E-state index in [-0.39, 0.29) is 6.03 Å². The second-order valence-electron chi connectivity index (χ2n) is 6.26. The van der Waals surface area contributed by atoms with Crippen LogP contribution in [0, 0.1) is 20.8 Å². The molecule has 24 heavy (non-hydrogen) atoms. The number of amidine groups is 1. The van der Waals surface area contributed by atoms with Crippen molar-refractivity contribution in [3.8, 4) is 0 Å². The fraction of sp³-hybridized carbons (Fsp3) is 0.300. The lowest BCUT2D eigenvalue weighted by molar-refractivity contribution is 0.259. The van der Waals surface area contributed by atoms with Crippen LogP contribution in [-0.2, 0) is 0 Å². The number of nitrogens with zero attached hydrogens (tertiary/aromatic N) is 2. The van der Waals surface area contributed by atoms with E-state index in [9.17, 15) is 4.79 Å². The summed E-state index contributed by atoms with van der Waals surface area (Å²) in [6.07, 6.45) is 1.82. The second kappa shape index (κ2) is 6.87. The number of aryl methyl sites for hydroxylation is 2. The van der Waals surface area contributed by atoms with Crippen molar-refractivity contribution in [2.45, 2.75) is 33.6 Å². The Morgan fingerprint density at radius 3 is 2.62 bits per heavy atom. The van der Waals surface area contributed by atoms with Gasteiger partial charge in [-0.1, -0.05) is 24.3 Å². The number of anilines is 2. The van der Waals surface area contributed by atoms with Crippen LogP contribution in [0.3, 0.4) is 0 Å². The van der Waals surface area contributed by atoms with Gasteiger partial charge in [0.1, 0.15) is 5.84 Å². The predicted octanol–water partition coefficient (Wildman–Crippen LogP) is 4.84. The lowest BCUT2D eigenvalue weighted by atomic mass is 10.1. The Morgan fingerprint density at radius 2 is 1.92 bits per heavy atom. The van der Waals surface area contributed by atoms with Crippen LogP contribution in [0.4, 0.5) is 16.2 Å². The van der Waals surface area contributed by atoms with Gasteiger partial charge in [-0.05, 0) is 62.1 Å². The molecule has 4 heteroatoms. The molecule has 3 rings (SSSR count). The molecule has 2 aromatic carbocycles. The van der Waals surface area contributed by atoms with E-state index < -0.39 is 0 Å². The molecule has 0 unspecified atom stereocenters. The van der Waals surface area contributed by atoms with Gasteiger partial charge in [0.05, 0.1) is 5.69 Å². The third kappa shape index (κ3) is 3.32. The lowest BCUT2D eigenvalue weighted by Crippen LogP contribution is -2.40. The van der Waals surface area contributed by atoms with E-state index in [1.807, 2.05) is 50.2 Å². The highest BCUT2D eigenvalue weighted by atomic mass is 16.2. The first-order valence-electron chi connectivity index (χ1n) is 8.33. The van der Waals surface area contributed by atoms with E-state index in [2.05, 4.69) is 23.3 Å². The molecule has 0 aliphatic carbocycles. The summed E-state index contributed by atoms with van der Waals surface area (Å²) in [5, 5.41) is 3.01. The van der Waals surface area contributed by atoms with Gasteiger partial charge in [0.15, 0.2) is 0 Å². The van der Waals surface area contributed by atoms with Crippen LogP contribution in [0.25, 0.3) is 0 Å². The van der Waals surface area contributed by atoms with E-state index in [4.69, 9.17) is 0 Å². The number of carbonyl (C=O) groups excluding carboxylic acids is 1. The molecule has 1 N–H and O–H groups in total. The van der Waals surface area contributed by atoms with E-state index in [0.717, 1.165) is 47.7 Å². The van der Waals surface area contributed by atoms with Crippen LogP contribution < -0.4 is 10.2 Å². The number of nitrogens with one attached hydrogen (secondary N) is 1. The quantitative estimate of drug-likeness (QED) is 0.845. The molecule has 0 atom stereocenters. The summed E-state index contributed by atoms with van der Waals surface area (Å²) in [4.78, 5) is 19.3. The maximum atomic E-state index is 13.0. The molecule has 1 aliphatic heterocycles. The predicted molar refractivity (Wildman–Crippen MR) is 100 cm³/mol. The number of amides is 2. The van der Waals surface area contributed by atoms with Crippen LogP contribution in [0.5, 0.6) is 0 Å². The molecule has 0 bridgehead atoms. The van der Waals surface area contributed by atoms with Crippen molar-refractivity contribution in [1.29, 1.82) is 0 Å². The summed E-state index contributed by atoms with van der Waals surface area (Å²) >= 11 is 0. The van der Waals surface area contributed by atoms with Crippen molar-refractivity contribution in [3.05, 3.63) is 59.2 Å². The maximum absolute atomic E-state index is 13.0. The van der Waals surface area contributed by atoms with Crippen molar-refractivity contribution in [1.82, 2.24) is 0 Å². The van der Waals surface area contributed by atoms with Gasteiger partial charge in [0.2, 0.25) is 0 Å². The van der Waals surface area contributed by atoms with Crippen molar-refractivity contribution in [2.24, 2.45) is 4.99 Å². The molecule has 1 heterocycles. The first kappa shape index (κ1) is 16.2. The smallest absolute Gasteiger partial charge is 0.307 e. The van der Waals surface area contributed by atoms with Crippen LogP contribution in [0.15, 0.2) is 47.5 Å². The molecule has 0 saturated carbocycles. The average molecular weight is 321 g/mol. The van der Waals surface area contributed by atoms with E-state index >= 15 is 0 Å². The first-order chi connectivity index (χ1) is 11.6. The zero-order chi connectivity index (χ0) is 17.1. The minimum absolute atomic E-state index is 0.157. The molecule has 0 saturated heterocycles. The van der Waals surface area contributed by atoms with E-state index in [1.165, 1.54) is 5.56 Å². The largest absolute Gasteiger partial charge is 0.331 e. The minimum atomic E-state index is -0.157.